The van der Waals surface area contributed by atoms with Crippen LogP contribution in [-0.2, 0) is 15.4 Å². The van der Waals surface area contributed by atoms with E-state index in [4.69, 9.17) is 0 Å². The topological polar surface area (TPSA) is 79.4 Å². The van der Waals surface area contributed by atoms with Gasteiger partial charge in [0, 0.05) is 36.9 Å². The molecule has 1 fully saturated rings. The number of hydrogen-bond donors (Lipinski definition) is 1. The van der Waals surface area contributed by atoms with Gasteiger partial charge in [0.25, 0.3) is 5.91 Å². The second kappa shape index (κ2) is 9.00. The Bertz CT molecular complexity index is 943. The lowest BCUT2D eigenvalue weighted by molar-refractivity contribution is 0.0928. The van der Waals surface area contributed by atoms with E-state index in [-0.39, 0.29) is 17.9 Å². The van der Waals surface area contributed by atoms with Crippen LogP contribution in [-0.4, -0.2) is 49.0 Å². The molecule has 156 valence electrons. The number of hydrogen-bond acceptors (Lipinski definition) is 4. The highest BCUT2D eigenvalue weighted by molar-refractivity contribution is 7.89. The van der Waals surface area contributed by atoms with Crippen LogP contribution in [0.2, 0.25) is 0 Å². The number of nitrogens with zero attached hydrogens (tertiary/aromatic N) is 2. The van der Waals surface area contributed by atoms with Gasteiger partial charge in [-0.3, -0.25) is 9.78 Å². The van der Waals surface area contributed by atoms with E-state index in [1.165, 1.54) is 22.5 Å². The SMILES string of the molecule is CCCS(=O)(=O)N1CCC(CNC(=O)c2ccccc2F)(c2ccccn2)CC1. The Labute approximate surface area is 171 Å². The number of carbonyl (C=O) groups excluding carboxylic acids is 1. The first kappa shape index (κ1) is 21.4. The molecule has 8 heteroatoms. The van der Waals surface area contributed by atoms with Crippen molar-refractivity contribution in [3.05, 3.63) is 65.7 Å². The Morgan fingerprint density at radius 1 is 1.17 bits per heavy atom. The molecule has 0 radical (unpaired) electrons. The molecule has 0 aliphatic carbocycles. The van der Waals surface area contributed by atoms with Crippen LogP contribution in [0, 0.1) is 5.82 Å². The van der Waals surface area contributed by atoms with Crippen molar-refractivity contribution in [3.63, 3.8) is 0 Å². The molecule has 2 aromatic rings. The van der Waals surface area contributed by atoms with Gasteiger partial charge in [-0.2, -0.15) is 0 Å². The maximum atomic E-state index is 13.9. The lowest BCUT2D eigenvalue weighted by Gasteiger charge is -2.41. The number of amides is 1. The Morgan fingerprint density at radius 2 is 1.86 bits per heavy atom. The lowest BCUT2D eigenvalue weighted by atomic mass is 9.75. The monoisotopic (exact) mass is 419 g/mol. The fraction of sp³-hybridized carbons (Fsp3) is 0.429. The largest absolute Gasteiger partial charge is 0.351 e. The highest BCUT2D eigenvalue weighted by Crippen LogP contribution is 2.35. The molecule has 2 heterocycles. The van der Waals surface area contributed by atoms with Crippen molar-refractivity contribution in [1.29, 1.82) is 0 Å². The average molecular weight is 420 g/mol. The number of benzene rings is 1. The first-order valence-electron chi connectivity index (χ1n) is 9.80. The zero-order chi connectivity index (χ0) is 20.9. The number of nitrogens with one attached hydrogen (secondary N) is 1. The van der Waals surface area contributed by atoms with Gasteiger partial charge in [-0.1, -0.05) is 25.1 Å². The molecule has 3 rings (SSSR count). The van der Waals surface area contributed by atoms with Crippen molar-refractivity contribution in [2.24, 2.45) is 0 Å². The predicted molar refractivity (Wildman–Crippen MR) is 110 cm³/mol. The molecule has 0 bridgehead atoms. The normalized spacial score (nSPS) is 17.0. The second-order valence-electron chi connectivity index (χ2n) is 7.37. The summed E-state index contributed by atoms with van der Waals surface area (Å²) in [7, 11) is -3.27. The van der Waals surface area contributed by atoms with E-state index in [0.717, 1.165) is 5.69 Å². The molecule has 1 aromatic heterocycles. The smallest absolute Gasteiger partial charge is 0.254 e. The van der Waals surface area contributed by atoms with Gasteiger partial charge in [-0.15, -0.1) is 0 Å². The van der Waals surface area contributed by atoms with Crippen LogP contribution >= 0.6 is 0 Å². The maximum Gasteiger partial charge on any atom is 0.254 e. The molecule has 0 unspecified atom stereocenters. The molecule has 0 spiro atoms. The van der Waals surface area contributed by atoms with Crippen molar-refractivity contribution >= 4 is 15.9 Å². The standard InChI is InChI=1S/C21H26FN3O3S/c1-2-15-29(27,28)25-13-10-21(11-14-25,19-9-5-6-12-23-19)16-24-20(26)17-7-3-4-8-18(17)22/h3-9,12H,2,10-11,13-16H2,1H3,(H,24,26). The fourth-order valence-electron chi connectivity index (χ4n) is 3.77. The van der Waals surface area contributed by atoms with Crippen molar-refractivity contribution in [2.45, 2.75) is 31.6 Å². The fourth-order valence-corrected chi connectivity index (χ4v) is 5.28. The Kier molecular flexibility index (Phi) is 6.64. The van der Waals surface area contributed by atoms with Crippen LogP contribution in [0.5, 0.6) is 0 Å². The van der Waals surface area contributed by atoms with Gasteiger partial charge < -0.3 is 5.32 Å². The number of piperidine rings is 1. The van der Waals surface area contributed by atoms with E-state index >= 15 is 0 Å². The lowest BCUT2D eigenvalue weighted by Crippen LogP contribution is -2.51. The number of sulfonamides is 1. The minimum Gasteiger partial charge on any atom is -0.351 e. The zero-order valence-electron chi connectivity index (χ0n) is 16.5. The van der Waals surface area contributed by atoms with Gasteiger partial charge >= 0.3 is 0 Å². The summed E-state index contributed by atoms with van der Waals surface area (Å²) in [6.07, 6.45) is 3.33. The number of aromatic nitrogens is 1. The van der Waals surface area contributed by atoms with Gasteiger partial charge in [-0.25, -0.2) is 17.1 Å². The van der Waals surface area contributed by atoms with Gasteiger partial charge in [-0.05, 0) is 43.5 Å². The van der Waals surface area contributed by atoms with Crippen LogP contribution in [0.15, 0.2) is 48.7 Å². The Hall–Kier alpha value is -2.32. The van der Waals surface area contributed by atoms with Crippen molar-refractivity contribution in [2.75, 3.05) is 25.4 Å². The van der Waals surface area contributed by atoms with Crippen LogP contribution < -0.4 is 5.32 Å². The molecule has 1 saturated heterocycles. The minimum atomic E-state index is -3.27. The Balaban J connectivity index is 1.78. The predicted octanol–water partition coefficient (Wildman–Crippen LogP) is 2.72. The molecule has 0 atom stereocenters. The summed E-state index contributed by atoms with van der Waals surface area (Å²) in [5, 5.41) is 2.84. The molecular formula is C21H26FN3O3S. The number of carbonyl (C=O) groups is 1. The third-order valence-electron chi connectivity index (χ3n) is 5.45. The maximum absolute atomic E-state index is 13.9. The highest BCUT2D eigenvalue weighted by Gasteiger charge is 2.40. The molecule has 6 nitrogen and oxygen atoms in total. The molecule has 1 N–H and O–H groups in total. The van der Waals surface area contributed by atoms with Crippen LogP contribution in [0.1, 0.15) is 42.2 Å². The number of rotatable bonds is 7. The molecule has 1 amide bonds. The van der Waals surface area contributed by atoms with Crippen molar-refractivity contribution in [1.82, 2.24) is 14.6 Å². The summed E-state index contributed by atoms with van der Waals surface area (Å²) >= 11 is 0. The first-order valence-corrected chi connectivity index (χ1v) is 11.4. The molecular weight excluding hydrogens is 393 g/mol. The second-order valence-corrected chi connectivity index (χ2v) is 9.46. The summed E-state index contributed by atoms with van der Waals surface area (Å²) in [4.78, 5) is 17.0. The molecule has 1 aliphatic rings. The minimum absolute atomic E-state index is 0.00775. The van der Waals surface area contributed by atoms with E-state index in [0.29, 0.717) is 32.4 Å². The van der Waals surface area contributed by atoms with E-state index in [2.05, 4.69) is 10.3 Å². The summed E-state index contributed by atoms with van der Waals surface area (Å²) in [6, 6.07) is 11.4. The van der Waals surface area contributed by atoms with E-state index < -0.39 is 27.2 Å². The average Bonchev–Trinajstić information content (AvgIpc) is 2.73. The number of pyridine rings is 1. The Morgan fingerprint density at radius 3 is 2.48 bits per heavy atom. The van der Waals surface area contributed by atoms with Gasteiger partial charge in [0.15, 0.2) is 0 Å². The molecule has 1 aliphatic heterocycles. The van der Waals surface area contributed by atoms with Crippen LogP contribution in [0.25, 0.3) is 0 Å². The summed E-state index contributed by atoms with van der Waals surface area (Å²) in [5.74, 6) is -0.926. The van der Waals surface area contributed by atoms with Crippen LogP contribution in [0.4, 0.5) is 4.39 Å². The summed E-state index contributed by atoms with van der Waals surface area (Å²) in [6.45, 7) is 2.85. The van der Waals surface area contributed by atoms with Crippen molar-refractivity contribution < 1.29 is 17.6 Å². The van der Waals surface area contributed by atoms with E-state index in [1.54, 1.807) is 12.3 Å². The highest BCUT2D eigenvalue weighted by atomic mass is 32.2. The zero-order valence-corrected chi connectivity index (χ0v) is 17.3. The van der Waals surface area contributed by atoms with E-state index in [9.17, 15) is 17.6 Å². The van der Waals surface area contributed by atoms with Gasteiger partial charge in [0.05, 0.1) is 11.3 Å². The quantitative estimate of drug-likeness (QED) is 0.748. The van der Waals surface area contributed by atoms with Gasteiger partial charge in [0.1, 0.15) is 5.82 Å². The number of halogens is 1. The third kappa shape index (κ3) is 4.82. The molecule has 29 heavy (non-hydrogen) atoms. The van der Waals surface area contributed by atoms with Crippen LogP contribution in [0.3, 0.4) is 0 Å². The van der Waals surface area contributed by atoms with Crippen molar-refractivity contribution in [3.8, 4) is 0 Å². The molecule has 0 saturated carbocycles. The summed E-state index contributed by atoms with van der Waals surface area (Å²) in [5.41, 5.74) is 0.299. The third-order valence-corrected chi connectivity index (χ3v) is 7.53. The van der Waals surface area contributed by atoms with Gasteiger partial charge in [0.2, 0.25) is 10.0 Å². The summed E-state index contributed by atoms with van der Waals surface area (Å²) < 4.78 is 40.3. The first-order chi connectivity index (χ1) is 13.9. The molecule has 1 aromatic carbocycles. The van der Waals surface area contributed by atoms with E-state index in [1.807, 2.05) is 25.1 Å².